The Kier molecular flexibility index (Phi) is 9.60. The maximum absolute atomic E-state index is 14.7. The van der Waals surface area contributed by atoms with Gasteiger partial charge in [0.1, 0.15) is 18.2 Å². The van der Waals surface area contributed by atoms with Gasteiger partial charge in [0, 0.05) is 24.4 Å². The molecule has 2 amide bonds. The maximum Gasteiger partial charge on any atom is 0.311 e. The summed E-state index contributed by atoms with van der Waals surface area (Å²) in [5, 5.41) is 17.9. The zero-order chi connectivity index (χ0) is 30.6. The molecule has 0 saturated carbocycles. The van der Waals surface area contributed by atoms with Gasteiger partial charge in [-0.05, 0) is 70.4 Å². The Morgan fingerprint density at radius 1 is 1.16 bits per heavy atom. The van der Waals surface area contributed by atoms with E-state index in [1.807, 2.05) is 30.3 Å². The molecule has 1 aromatic heterocycles. The summed E-state index contributed by atoms with van der Waals surface area (Å²) in [6, 6.07) is 6.85. The van der Waals surface area contributed by atoms with E-state index in [2.05, 4.69) is 30.4 Å². The Morgan fingerprint density at radius 2 is 1.98 bits per heavy atom. The highest BCUT2D eigenvalue weighted by molar-refractivity contribution is 8.02. The van der Waals surface area contributed by atoms with Crippen molar-refractivity contribution in [2.45, 2.75) is 80.5 Å². The summed E-state index contributed by atoms with van der Waals surface area (Å²) < 4.78 is 6.26. The first-order chi connectivity index (χ1) is 20.8. The number of hydrogen-bond acceptors (Lipinski definition) is 8. The number of fused-ring (bicyclic) bond motifs is 2. The minimum absolute atomic E-state index is 0.0801. The van der Waals surface area contributed by atoms with Gasteiger partial charge in [-0.3, -0.25) is 14.4 Å². The first-order valence-corrected chi connectivity index (χ1v) is 16.2. The maximum atomic E-state index is 14.7. The molecule has 0 radical (unpaired) electrons. The van der Waals surface area contributed by atoms with E-state index in [0.717, 1.165) is 43.1 Å². The van der Waals surface area contributed by atoms with Gasteiger partial charge in [-0.25, -0.2) is 4.68 Å². The van der Waals surface area contributed by atoms with Crippen molar-refractivity contribution in [2.24, 2.45) is 11.8 Å². The average molecular weight is 610 g/mol. The van der Waals surface area contributed by atoms with Crippen LogP contribution in [0.3, 0.4) is 0 Å². The molecule has 3 saturated heterocycles. The topological polar surface area (TPSA) is 118 Å². The second-order valence-electron chi connectivity index (χ2n) is 12.1. The summed E-state index contributed by atoms with van der Waals surface area (Å²) in [6.45, 7) is 10.9. The highest BCUT2D eigenvalue weighted by atomic mass is 32.2. The third kappa shape index (κ3) is 5.73. The lowest BCUT2D eigenvalue weighted by molar-refractivity contribution is -0.155. The van der Waals surface area contributed by atoms with Crippen LogP contribution in [-0.2, 0) is 25.8 Å². The van der Waals surface area contributed by atoms with Crippen LogP contribution in [0.25, 0.3) is 11.0 Å². The molecule has 1 N–H and O–H groups in total. The van der Waals surface area contributed by atoms with Crippen molar-refractivity contribution in [3.8, 4) is 0 Å². The van der Waals surface area contributed by atoms with Crippen LogP contribution in [0.1, 0.15) is 58.3 Å². The number of thioether (sulfide) groups is 1. The number of esters is 1. The van der Waals surface area contributed by atoms with Gasteiger partial charge in [0.25, 0.3) is 0 Å². The van der Waals surface area contributed by atoms with Crippen molar-refractivity contribution in [3.63, 3.8) is 0 Å². The van der Waals surface area contributed by atoms with E-state index in [-0.39, 0.29) is 37.6 Å². The van der Waals surface area contributed by atoms with E-state index in [1.54, 1.807) is 32.3 Å². The third-order valence-electron chi connectivity index (χ3n) is 9.25. The van der Waals surface area contributed by atoms with Gasteiger partial charge in [0.15, 0.2) is 0 Å². The number of benzene rings is 1. The lowest BCUT2D eigenvalue weighted by Crippen LogP contribution is -2.55. The number of amides is 2. The largest absolute Gasteiger partial charge is 0.465 e. The van der Waals surface area contributed by atoms with Gasteiger partial charge in [0.05, 0.1) is 28.7 Å². The molecule has 3 aliphatic heterocycles. The van der Waals surface area contributed by atoms with Gasteiger partial charge >= 0.3 is 5.97 Å². The Bertz CT molecular complexity index is 1360. The number of likely N-dealkylation sites (tertiary alicyclic amines) is 1. The van der Waals surface area contributed by atoms with E-state index in [4.69, 9.17) is 4.74 Å². The molecule has 2 unspecified atom stereocenters. The number of hydrogen-bond donors (Lipinski definition) is 1. The molecule has 10 nitrogen and oxygen atoms in total. The van der Waals surface area contributed by atoms with Gasteiger partial charge in [-0.1, -0.05) is 29.5 Å². The normalized spacial score (nSPS) is 27.4. The molecule has 1 aromatic carbocycles. The van der Waals surface area contributed by atoms with Crippen molar-refractivity contribution in [3.05, 3.63) is 49.6 Å². The standard InChI is InChI=1S/C32H43N5O5S/c1-4-6-7-13-21-42-30(41)26-25-28(39)36(19-11-8-12-20-38)27(32(25)17-16-31(26,3)43-32)29(40)35(18-5-2)22-37-24-15-10-9-14-23(24)33-34-37/h4-5,9-10,14-15,25-27,38H,1-2,6-8,11-13,16-22H2,3H3/t25-,26+,27?,31-,32?/m0/s1. The van der Waals surface area contributed by atoms with E-state index in [9.17, 15) is 19.5 Å². The number of nitrogens with zero attached hydrogens (tertiary/aromatic N) is 5. The number of ether oxygens (including phenoxy) is 1. The van der Waals surface area contributed by atoms with Crippen molar-refractivity contribution in [1.29, 1.82) is 0 Å². The first-order valence-electron chi connectivity index (χ1n) is 15.4. The van der Waals surface area contributed by atoms with Crippen LogP contribution in [0.5, 0.6) is 0 Å². The second-order valence-corrected chi connectivity index (χ2v) is 14.0. The number of para-hydroxylation sites is 1. The molecular formula is C32H43N5O5S. The van der Waals surface area contributed by atoms with Crippen LogP contribution in [0.2, 0.25) is 0 Å². The Balaban J connectivity index is 1.45. The van der Waals surface area contributed by atoms with Crippen molar-refractivity contribution < 1.29 is 24.2 Å². The van der Waals surface area contributed by atoms with Crippen molar-refractivity contribution in [1.82, 2.24) is 24.8 Å². The van der Waals surface area contributed by atoms with E-state index < -0.39 is 27.4 Å². The highest BCUT2D eigenvalue weighted by Gasteiger charge is 2.77. The average Bonchev–Trinajstić information content (AvgIpc) is 3.70. The number of carbonyl (C=O) groups excluding carboxylic acids is 3. The fraction of sp³-hybridized carbons (Fsp3) is 0.594. The number of allylic oxidation sites excluding steroid dienone is 1. The Labute approximate surface area is 257 Å². The van der Waals surface area contributed by atoms with Gasteiger partial charge < -0.3 is 19.6 Å². The van der Waals surface area contributed by atoms with E-state index in [1.165, 1.54) is 0 Å². The second kappa shape index (κ2) is 13.2. The van der Waals surface area contributed by atoms with Crippen molar-refractivity contribution >= 4 is 40.6 Å². The molecule has 3 fully saturated rings. The number of carbonyl (C=O) groups is 3. The zero-order valence-corrected chi connectivity index (χ0v) is 25.8. The Hall–Kier alpha value is -3.18. The predicted molar refractivity (Wildman–Crippen MR) is 166 cm³/mol. The van der Waals surface area contributed by atoms with Crippen LogP contribution in [0.4, 0.5) is 0 Å². The minimum atomic E-state index is -0.730. The predicted octanol–water partition coefficient (Wildman–Crippen LogP) is 3.95. The molecule has 3 aliphatic rings. The van der Waals surface area contributed by atoms with Crippen LogP contribution in [0, 0.1) is 11.8 Å². The number of unbranched alkanes of at least 4 members (excludes halogenated alkanes) is 4. The molecule has 11 heteroatoms. The number of rotatable bonds is 16. The van der Waals surface area contributed by atoms with Crippen LogP contribution in [0.15, 0.2) is 49.6 Å². The zero-order valence-electron chi connectivity index (χ0n) is 25.0. The van der Waals surface area contributed by atoms with Crippen molar-refractivity contribution in [2.75, 3.05) is 26.3 Å². The minimum Gasteiger partial charge on any atom is -0.465 e. The molecule has 232 valence electrons. The SMILES string of the molecule is C=CCCCCOC(=O)[C@H]1[C@H]2C(=O)N(CCCCCO)C(C(=O)N(CC=C)Cn3nnc4ccccc43)C23CC[C@]1(C)S3. The lowest BCUT2D eigenvalue weighted by Gasteiger charge is -2.37. The Morgan fingerprint density at radius 3 is 2.74 bits per heavy atom. The molecule has 5 atom stereocenters. The van der Waals surface area contributed by atoms with Crippen LogP contribution >= 0.6 is 11.8 Å². The number of aliphatic hydroxyl groups excluding tert-OH is 1. The van der Waals surface area contributed by atoms with Gasteiger partial charge in [-0.15, -0.1) is 30.0 Å². The lowest BCUT2D eigenvalue weighted by atomic mass is 9.66. The first kappa shape index (κ1) is 31.3. The summed E-state index contributed by atoms with van der Waals surface area (Å²) in [7, 11) is 0. The molecule has 0 aliphatic carbocycles. The van der Waals surface area contributed by atoms with E-state index >= 15 is 0 Å². The third-order valence-corrected chi connectivity index (χ3v) is 11.2. The molecular weight excluding hydrogens is 566 g/mol. The fourth-order valence-corrected chi connectivity index (χ4v) is 9.60. The summed E-state index contributed by atoms with van der Waals surface area (Å²) >= 11 is 1.64. The number of aromatic nitrogens is 3. The van der Waals surface area contributed by atoms with Gasteiger partial charge in [0.2, 0.25) is 11.8 Å². The summed E-state index contributed by atoms with van der Waals surface area (Å²) in [5.74, 6) is -1.88. The molecule has 4 heterocycles. The molecule has 2 aromatic rings. The quantitative estimate of drug-likeness (QED) is 0.173. The monoisotopic (exact) mass is 609 g/mol. The molecule has 5 rings (SSSR count). The van der Waals surface area contributed by atoms with Crippen LogP contribution < -0.4 is 0 Å². The van der Waals surface area contributed by atoms with Crippen LogP contribution in [-0.4, -0.2) is 89.5 Å². The smallest absolute Gasteiger partial charge is 0.311 e. The highest BCUT2D eigenvalue weighted by Crippen LogP contribution is 2.71. The fourth-order valence-electron chi connectivity index (χ4n) is 7.26. The molecule has 43 heavy (non-hydrogen) atoms. The van der Waals surface area contributed by atoms with Gasteiger partial charge in [-0.2, -0.15) is 0 Å². The van der Waals surface area contributed by atoms with E-state index in [0.29, 0.717) is 32.4 Å². The summed E-state index contributed by atoms with van der Waals surface area (Å²) in [6.07, 6.45) is 9.45. The summed E-state index contributed by atoms with van der Waals surface area (Å²) in [4.78, 5) is 46.0. The molecule has 2 bridgehead atoms. The summed E-state index contributed by atoms with van der Waals surface area (Å²) in [5.41, 5.74) is 1.54. The molecule has 1 spiro atoms. The number of aliphatic hydroxyl groups is 1.